The molecule has 0 spiro atoms. The molecule has 0 aromatic heterocycles. The van der Waals surface area contributed by atoms with E-state index in [0.29, 0.717) is 75.7 Å². The predicted molar refractivity (Wildman–Crippen MR) is 192 cm³/mol. The molecule has 49 heavy (non-hydrogen) atoms. The van der Waals surface area contributed by atoms with Gasteiger partial charge in [-0.15, -0.1) is 0 Å². The zero-order chi connectivity index (χ0) is 34.8. The number of hydrogen-bond acceptors (Lipinski definition) is 7. The van der Waals surface area contributed by atoms with E-state index in [1.807, 2.05) is 54.4 Å². The van der Waals surface area contributed by atoms with E-state index in [1.54, 1.807) is 0 Å². The summed E-state index contributed by atoms with van der Waals surface area (Å²) in [5.74, 6) is -0.317. The van der Waals surface area contributed by atoms with Crippen molar-refractivity contribution in [3.05, 3.63) is 93.5 Å². The maximum Gasteiger partial charge on any atom is 0.406 e. The highest BCUT2D eigenvalue weighted by molar-refractivity contribution is 6.33. The van der Waals surface area contributed by atoms with E-state index in [0.717, 1.165) is 47.1 Å². The number of nitrogens with zero attached hydrogens (tertiary/aromatic N) is 1. The van der Waals surface area contributed by atoms with Gasteiger partial charge in [-0.25, -0.2) is 4.79 Å². The van der Waals surface area contributed by atoms with Crippen LogP contribution >= 0.6 is 11.6 Å². The fourth-order valence-electron chi connectivity index (χ4n) is 7.25. The van der Waals surface area contributed by atoms with E-state index in [4.69, 9.17) is 25.8 Å². The standard InChI is InChI=1S/C39H50ClN3O6/c1-4-27-9-5-10-30(23-27)36-33(12-6-13-34(36)40)39(46,18-8-19-42-38(45)47-3)31-11-7-20-43(26-31)37(44)32-16-14-28(25-41-2)24-29(32)15-17-35-48-21-22-49-35/h5-6,9-10,12-14,16,23-24,31,35,41,46H,4,7-8,11,15,17-22,25-26H2,1-3H3,(H,42,45). The van der Waals surface area contributed by atoms with Crippen molar-refractivity contribution >= 4 is 23.6 Å². The summed E-state index contributed by atoms with van der Waals surface area (Å²) in [5.41, 5.74) is 5.05. The lowest BCUT2D eigenvalue weighted by atomic mass is 9.72. The van der Waals surface area contributed by atoms with Crippen molar-refractivity contribution < 1.29 is 28.9 Å². The van der Waals surface area contributed by atoms with Gasteiger partial charge >= 0.3 is 6.09 Å². The van der Waals surface area contributed by atoms with E-state index in [2.05, 4.69) is 35.8 Å². The number of carbonyl (C=O) groups excluding carboxylic acids is 2. The Kier molecular flexibility index (Phi) is 13.1. The van der Waals surface area contributed by atoms with Crippen LogP contribution in [-0.4, -0.2) is 75.3 Å². The number of carbonyl (C=O) groups is 2. The number of nitrogens with one attached hydrogen (secondary N) is 2. The number of aliphatic hydroxyl groups is 1. The molecule has 264 valence electrons. The number of aryl methyl sites for hydroxylation is 2. The third kappa shape index (κ3) is 9.01. The summed E-state index contributed by atoms with van der Waals surface area (Å²) >= 11 is 6.94. The summed E-state index contributed by atoms with van der Waals surface area (Å²) in [5, 5.41) is 19.5. The molecular formula is C39H50ClN3O6. The first-order valence-corrected chi connectivity index (χ1v) is 17.9. The molecule has 0 saturated carbocycles. The number of rotatable bonds is 14. The topological polar surface area (TPSA) is 109 Å². The first-order valence-electron chi connectivity index (χ1n) is 17.5. The molecule has 0 radical (unpaired) electrons. The summed E-state index contributed by atoms with van der Waals surface area (Å²) < 4.78 is 16.1. The zero-order valence-corrected chi connectivity index (χ0v) is 29.7. The number of ether oxygens (including phenoxy) is 3. The van der Waals surface area contributed by atoms with Gasteiger partial charge in [-0.1, -0.05) is 67.1 Å². The molecule has 5 rings (SSSR count). The third-order valence-electron chi connectivity index (χ3n) is 9.80. The molecule has 2 aliphatic heterocycles. The maximum absolute atomic E-state index is 14.4. The number of benzene rings is 3. The van der Waals surface area contributed by atoms with E-state index in [9.17, 15) is 14.7 Å². The zero-order valence-electron chi connectivity index (χ0n) is 28.9. The molecule has 2 fully saturated rings. The van der Waals surface area contributed by atoms with Crippen LogP contribution in [-0.2, 0) is 39.2 Å². The number of piperidine rings is 1. The lowest BCUT2D eigenvalue weighted by Gasteiger charge is -2.44. The Balaban J connectivity index is 1.47. The van der Waals surface area contributed by atoms with Crippen LogP contribution < -0.4 is 10.6 Å². The molecule has 10 heteroatoms. The second-order valence-corrected chi connectivity index (χ2v) is 13.4. The van der Waals surface area contributed by atoms with Gasteiger partial charge in [-0.2, -0.15) is 0 Å². The van der Waals surface area contributed by atoms with Gasteiger partial charge < -0.3 is 34.9 Å². The van der Waals surface area contributed by atoms with E-state index in [-0.39, 0.29) is 18.1 Å². The van der Waals surface area contributed by atoms with Crippen molar-refractivity contribution in [3.63, 3.8) is 0 Å². The Morgan fingerprint density at radius 1 is 1.08 bits per heavy atom. The summed E-state index contributed by atoms with van der Waals surface area (Å²) in [6.07, 6.45) is 3.75. The molecule has 2 amide bonds. The van der Waals surface area contributed by atoms with Crippen LogP contribution in [0.4, 0.5) is 4.79 Å². The van der Waals surface area contributed by atoms with Crippen LogP contribution in [0.25, 0.3) is 11.1 Å². The number of likely N-dealkylation sites (tertiary alicyclic amines) is 1. The van der Waals surface area contributed by atoms with Crippen molar-refractivity contribution in [3.8, 4) is 11.1 Å². The SMILES string of the molecule is CCc1cccc(-c2c(Cl)cccc2C(O)(CCCNC(=O)OC)C2CCCN(C(=O)c3ccc(CNC)cc3CCC3OCCO3)C2)c1. The Morgan fingerprint density at radius 3 is 2.63 bits per heavy atom. The molecule has 0 aliphatic carbocycles. The summed E-state index contributed by atoms with van der Waals surface area (Å²) in [6, 6.07) is 20.0. The minimum atomic E-state index is -1.34. The van der Waals surface area contributed by atoms with Crippen LogP contribution in [0.1, 0.15) is 71.6 Å². The molecule has 9 nitrogen and oxygen atoms in total. The highest BCUT2D eigenvalue weighted by Crippen LogP contribution is 2.46. The summed E-state index contributed by atoms with van der Waals surface area (Å²) in [6.45, 7) is 5.31. The van der Waals surface area contributed by atoms with Crippen LogP contribution in [0.2, 0.25) is 5.02 Å². The number of methoxy groups -OCH3 is 1. The number of halogens is 1. The Bertz CT molecular complexity index is 1580. The first-order chi connectivity index (χ1) is 23.8. The van der Waals surface area contributed by atoms with E-state index < -0.39 is 11.7 Å². The maximum atomic E-state index is 14.4. The number of hydrogen-bond donors (Lipinski definition) is 3. The molecule has 2 heterocycles. The van der Waals surface area contributed by atoms with Gasteiger partial charge in [0, 0.05) is 54.7 Å². The van der Waals surface area contributed by atoms with Crippen LogP contribution in [0.3, 0.4) is 0 Å². The van der Waals surface area contributed by atoms with Crippen molar-refractivity contribution in [2.75, 3.05) is 47.0 Å². The molecule has 3 aromatic rings. The monoisotopic (exact) mass is 691 g/mol. The van der Waals surface area contributed by atoms with Crippen molar-refractivity contribution in [1.29, 1.82) is 0 Å². The molecule has 3 aromatic carbocycles. The molecule has 2 unspecified atom stereocenters. The van der Waals surface area contributed by atoms with Crippen molar-refractivity contribution in [2.45, 2.75) is 70.3 Å². The van der Waals surface area contributed by atoms with Crippen LogP contribution in [0, 0.1) is 5.92 Å². The van der Waals surface area contributed by atoms with Crippen molar-refractivity contribution in [2.24, 2.45) is 5.92 Å². The average Bonchev–Trinajstić information content (AvgIpc) is 3.66. The van der Waals surface area contributed by atoms with E-state index >= 15 is 0 Å². The second-order valence-electron chi connectivity index (χ2n) is 13.0. The number of amides is 2. The minimum Gasteiger partial charge on any atom is -0.453 e. The quantitative estimate of drug-likeness (QED) is 0.166. The molecule has 0 bridgehead atoms. The second kappa shape index (κ2) is 17.5. The smallest absolute Gasteiger partial charge is 0.406 e. The fourth-order valence-corrected chi connectivity index (χ4v) is 7.53. The molecular weight excluding hydrogens is 642 g/mol. The lowest BCUT2D eigenvalue weighted by molar-refractivity contribution is -0.0564. The van der Waals surface area contributed by atoms with Gasteiger partial charge in [0.25, 0.3) is 5.91 Å². The Hall–Kier alpha value is -3.47. The normalized spacial score (nSPS) is 17.9. The minimum absolute atomic E-state index is 0.0411. The lowest BCUT2D eigenvalue weighted by Crippen LogP contribution is -2.48. The Labute approximate surface area is 295 Å². The molecule has 2 aliphatic rings. The molecule has 3 N–H and O–H groups in total. The van der Waals surface area contributed by atoms with Crippen LogP contribution in [0.5, 0.6) is 0 Å². The van der Waals surface area contributed by atoms with Crippen molar-refractivity contribution in [1.82, 2.24) is 15.5 Å². The first kappa shape index (κ1) is 36.8. The number of alkyl carbamates (subject to hydrolysis) is 1. The van der Waals surface area contributed by atoms with E-state index in [1.165, 1.54) is 12.7 Å². The predicted octanol–water partition coefficient (Wildman–Crippen LogP) is 6.47. The average molecular weight is 692 g/mol. The van der Waals surface area contributed by atoms with Gasteiger partial charge in [0.15, 0.2) is 6.29 Å². The van der Waals surface area contributed by atoms with Gasteiger partial charge in [0.1, 0.15) is 0 Å². The molecule has 2 atom stereocenters. The largest absolute Gasteiger partial charge is 0.453 e. The van der Waals surface area contributed by atoms with Crippen LogP contribution in [0.15, 0.2) is 60.7 Å². The third-order valence-corrected chi connectivity index (χ3v) is 10.1. The fraction of sp³-hybridized carbons (Fsp3) is 0.487. The van der Waals surface area contributed by atoms with Gasteiger partial charge in [0.05, 0.1) is 25.9 Å². The highest BCUT2D eigenvalue weighted by atomic mass is 35.5. The summed E-state index contributed by atoms with van der Waals surface area (Å²) in [7, 11) is 3.24. The van der Waals surface area contributed by atoms with Gasteiger partial charge in [0.2, 0.25) is 0 Å². The Morgan fingerprint density at radius 2 is 1.88 bits per heavy atom. The highest BCUT2D eigenvalue weighted by Gasteiger charge is 2.43. The van der Waals surface area contributed by atoms with Gasteiger partial charge in [-0.05, 0) is 85.5 Å². The van der Waals surface area contributed by atoms with Gasteiger partial charge in [-0.3, -0.25) is 4.79 Å². The molecule has 2 saturated heterocycles. The summed E-state index contributed by atoms with van der Waals surface area (Å²) in [4.78, 5) is 28.1.